The van der Waals surface area contributed by atoms with Crippen LogP contribution >= 0.6 is 11.6 Å². The molecule has 0 unspecified atom stereocenters. The molecule has 0 fully saturated rings. The molecule has 2 rings (SSSR count). The van der Waals surface area contributed by atoms with Crippen LogP contribution in [-0.2, 0) is 9.53 Å². The molecule has 0 atom stereocenters. The summed E-state index contributed by atoms with van der Waals surface area (Å²) in [6.07, 6.45) is 1.19. The summed E-state index contributed by atoms with van der Waals surface area (Å²) in [6, 6.07) is 6.40. The molecule has 1 heterocycles. The Morgan fingerprint density at radius 1 is 1.55 bits per heavy atom. The highest BCUT2D eigenvalue weighted by Gasteiger charge is 2.12. The first-order chi connectivity index (χ1) is 9.56. The summed E-state index contributed by atoms with van der Waals surface area (Å²) in [6.45, 7) is 0. The fourth-order valence-corrected chi connectivity index (χ4v) is 1.72. The molecule has 0 aliphatic rings. The summed E-state index contributed by atoms with van der Waals surface area (Å²) in [5, 5.41) is 19.6. The predicted octanol–water partition coefficient (Wildman–Crippen LogP) is 3.03. The molecule has 20 heavy (non-hydrogen) atoms. The molecule has 0 aliphatic carbocycles. The van der Waals surface area contributed by atoms with Crippen molar-refractivity contribution in [2.24, 2.45) is 0 Å². The van der Waals surface area contributed by atoms with Crippen molar-refractivity contribution < 1.29 is 19.1 Å². The molecule has 1 aromatic carbocycles. The Balaban J connectivity index is 2.55. The third kappa shape index (κ3) is 2.52. The van der Waals surface area contributed by atoms with Gasteiger partial charge in [-0.15, -0.1) is 0 Å². The number of carbonyl (C=O) groups is 1. The molecule has 0 aliphatic heterocycles. The smallest absolute Gasteiger partial charge is 0.356 e. The highest BCUT2D eigenvalue weighted by Crippen LogP contribution is 2.34. The number of ether oxygens (including phenoxy) is 1. The molecule has 6 heteroatoms. The van der Waals surface area contributed by atoms with Crippen molar-refractivity contribution in [1.82, 2.24) is 0 Å². The first-order valence-electron chi connectivity index (χ1n) is 5.43. The Hall–Kier alpha value is -2.67. The fourth-order valence-electron chi connectivity index (χ4n) is 1.55. The molecule has 100 valence electrons. The summed E-state index contributed by atoms with van der Waals surface area (Å²) in [5.41, 5.74) is 2.52. The SMILES string of the molecule is COC(=O)C(=C=Cc1oc2ccc(Cl)cc2c1O)C#N. The van der Waals surface area contributed by atoms with Crippen LogP contribution in [0.3, 0.4) is 0 Å². The van der Waals surface area contributed by atoms with Crippen LogP contribution in [0.4, 0.5) is 0 Å². The van der Waals surface area contributed by atoms with E-state index in [-0.39, 0.29) is 17.1 Å². The maximum absolute atomic E-state index is 11.2. The Kier molecular flexibility index (Phi) is 3.81. The number of methoxy groups -OCH3 is 1. The number of rotatable bonds is 2. The number of nitrogens with zero attached hydrogens (tertiary/aromatic N) is 1. The second-order valence-corrected chi connectivity index (χ2v) is 4.16. The van der Waals surface area contributed by atoms with E-state index in [9.17, 15) is 9.90 Å². The first-order valence-corrected chi connectivity index (χ1v) is 5.80. The van der Waals surface area contributed by atoms with Crippen LogP contribution in [0.2, 0.25) is 5.02 Å². The van der Waals surface area contributed by atoms with E-state index in [1.54, 1.807) is 24.3 Å². The van der Waals surface area contributed by atoms with Gasteiger partial charge >= 0.3 is 5.97 Å². The highest BCUT2D eigenvalue weighted by atomic mass is 35.5. The number of benzene rings is 1. The molecule has 1 N–H and O–H groups in total. The Morgan fingerprint density at radius 2 is 2.30 bits per heavy atom. The normalized spacial score (nSPS) is 9.65. The van der Waals surface area contributed by atoms with Gasteiger partial charge in [-0.25, -0.2) is 4.79 Å². The molecule has 0 saturated heterocycles. The number of carbonyl (C=O) groups excluding carboxylic acids is 1. The zero-order chi connectivity index (χ0) is 14.7. The van der Waals surface area contributed by atoms with Gasteiger partial charge < -0.3 is 14.3 Å². The average molecular weight is 290 g/mol. The molecular weight excluding hydrogens is 282 g/mol. The summed E-state index contributed by atoms with van der Waals surface area (Å²) in [7, 11) is 1.15. The van der Waals surface area contributed by atoms with Gasteiger partial charge in [-0.2, -0.15) is 5.26 Å². The monoisotopic (exact) mass is 289 g/mol. The van der Waals surface area contributed by atoms with E-state index >= 15 is 0 Å². The van der Waals surface area contributed by atoms with Crippen LogP contribution in [0.25, 0.3) is 17.0 Å². The average Bonchev–Trinajstić information content (AvgIpc) is 2.76. The Labute approximate surface area is 118 Å². The van der Waals surface area contributed by atoms with Crippen molar-refractivity contribution in [3.8, 4) is 11.8 Å². The lowest BCUT2D eigenvalue weighted by Gasteiger charge is -1.91. The topological polar surface area (TPSA) is 83.5 Å². The van der Waals surface area contributed by atoms with Crippen molar-refractivity contribution in [2.75, 3.05) is 7.11 Å². The summed E-state index contributed by atoms with van der Waals surface area (Å²) >= 11 is 5.82. The number of esters is 1. The van der Waals surface area contributed by atoms with Gasteiger partial charge in [-0.1, -0.05) is 17.3 Å². The third-order valence-electron chi connectivity index (χ3n) is 2.50. The Morgan fingerprint density at radius 3 is 2.95 bits per heavy atom. The van der Waals surface area contributed by atoms with Crippen LogP contribution in [-0.4, -0.2) is 18.2 Å². The number of halogens is 1. The van der Waals surface area contributed by atoms with E-state index in [1.165, 1.54) is 6.08 Å². The number of hydrogen-bond donors (Lipinski definition) is 1. The van der Waals surface area contributed by atoms with E-state index in [1.807, 2.05) is 0 Å². The number of nitriles is 1. The largest absolute Gasteiger partial charge is 0.504 e. The number of fused-ring (bicyclic) bond motifs is 1. The molecule has 0 amide bonds. The van der Waals surface area contributed by atoms with E-state index in [0.717, 1.165) is 7.11 Å². The maximum atomic E-state index is 11.2. The van der Waals surface area contributed by atoms with E-state index < -0.39 is 5.97 Å². The lowest BCUT2D eigenvalue weighted by atomic mass is 10.2. The van der Waals surface area contributed by atoms with E-state index in [0.29, 0.717) is 16.0 Å². The summed E-state index contributed by atoms with van der Waals surface area (Å²) in [4.78, 5) is 11.2. The minimum Gasteiger partial charge on any atom is -0.504 e. The van der Waals surface area contributed by atoms with Gasteiger partial charge in [0.25, 0.3) is 0 Å². The number of aromatic hydroxyl groups is 1. The van der Waals surface area contributed by atoms with Crippen LogP contribution in [0.1, 0.15) is 5.76 Å². The predicted molar refractivity (Wildman–Crippen MR) is 72.0 cm³/mol. The van der Waals surface area contributed by atoms with Gasteiger partial charge in [0.1, 0.15) is 11.7 Å². The van der Waals surface area contributed by atoms with Crippen molar-refractivity contribution in [3.05, 3.63) is 40.3 Å². The van der Waals surface area contributed by atoms with Gasteiger partial charge in [0.15, 0.2) is 17.1 Å². The number of hydrogen-bond acceptors (Lipinski definition) is 5. The van der Waals surface area contributed by atoms with Crippen LogP contribution in [0.15, 0.2) is 33.9 Å². The standard InChI is InChI=1S/C14H8ClNO4/c1-19-14(18)8(7-16)2-4-12-13(17)10-6-9(15)3-5-11(10)20-12/h3-6,17H,1H3. The van der Waals surface area contributed by atoms with Crippen molar-refractivity contribution >= 4 is 34.6 Å². The van der Waals surface area contributed by atoms with Gasteiger partial charge in [-0.05, 0) is 18.2 Å². The zero-order valence-electron chi connectivity index (χ0n) is 10.3. The van der Waals surface area contributed by atoms with Crippen LogP contribution in [0, 0.1) is 11.3 Å². The van der Waals surface area contributed by atoms with Crippen molar-refractivity contribution in [1.29, 1.82) is 5.26 Å². The molecule has 5 nitrogen and oxygen atoms in total. The van der Waals surface area contributed by atoms with Crippen LogP contribution in [0.5, 0.6) is 5.75 Å². The maximum Gasteiger partial charge on any atom is 0.356 e. The molecule has 0 radical (unpaired) electrons. The lowest BCUT2D eigenvalue weighted by molar-refractivity contribution is -0.135. The first kappa shape index (κ1) is 13.8. The number of furan rings is 1. The second-order valence-electron chi connectivity index (χ2n) is 3.72. The quantitative estimate of drug-likeness (QED) is 0.397. The van der Waals surface area contributed by atoms with Crippen molar-refractivity contribution in [3.63, 3.8) is 0 Å². The minimum atomic E-state index is -0.817. The molecule has 1 aromatic heterocycles. The zero-order valence-corrected chi connectivity index (χ0v) is 11.1. The van der Waals surface area contributed by atoms with Gasteiger partial charge in [-0.3, -0.25) is 0 Å². The summed E-state index contributed by atoms with van der Waals surface area (Å²) in [5.74, 6) is -0.890. The lowest BCUT2D eigenvalue weighted by Crippen LogP contribution is -2.01. The third-order valence-corrected chi connectivity index (χ3v) is 2.73. The second kappa shape index (κ2) is 5.54. The van der Waals surface area contributed by atoms with E-state index in [4.69, 9.17) is 21.3 Å². The minimum absolute atomic E-state index is 0.0684. The van der Waals surface area contributed by atoms with Crippen LogP contribution < -0.4 is 0 Å². The summed E-state index contributed by atoms with van der Waals surface area (Å²) < 4.78 is 9.77. The van der Waals surface area contributed by atoms with Gasteiger partial charge in [0.05, 0.1) is 12.5 Å². The van der Waals surface area contributed by atoms with Gasteiger partial charge in [0.2, 0.25) is 0 Å². The Bertz CT molecular complexity index is 791. The molecular formula is C14H8ClNO4. The highest BCUT2D eigenvalue weighted by molar-refractivity contribution is 6.31. The van der Waals surface area contributed by atoms with E-state index in [2.05, 4.69) is 10.5 Å². The molecule has 0 bridgehead atoms. The molecule has 0 spiro atoms. The molecule has 0 saturated carbocycles. The van der Waals surface area contributed by atoms with Gasteiger partial charge in [0, 0.05) is 11.1 Å². The molecule has 2 aromatic rings. The fraction of sp³-hybridized carbons (Fsp3) is 0.0714. The van der Waals surface area contributed by atoms with Crippen molar-refractivity contribution in [2.45, 2.75) is 0 Å².